The molecule has 0 aliphatic rings. The fourth-order valence-corrected chi connectivity index (χ4v) is 0.852. The number of amides is 1. The van der Waals surface area contributed by atoms with Crippen LogP contribution in [0.1, 0.15) is 48.5 Å². The minimum absolute atomic E-state index is 0.366. The smallest absolute Gasteiger partial charge is 0.410 e. The van der Waals surface area contributed by atoms with Crippen LogP contribution < -0.4 is 5.73 Å². The van der Waals surface area contributed by atoms with Gasteiger partial charge in [-0.2, -0.15) is 0 Å². The molecule has 0 bridgehead atoms. The molecule has 4 N–H and O–H groups in total. The van der Waals surface area contributed by atoms with Gasteiger partial charge in [-0.1, -0.05) is 5.47 Å². The predicted molar refractivity (Wildman–Crippen MR) is 103 cm³/mol. The highest BCUT2D eigenvalue weighted by Gasteiger charge is 2.31. The van der Waals surface area contributed by atoms with E-state index in [0.29, 0.717) is 18.6 Å². The summed E-state index contributed by atoms with van der Waals surface area (Å²) in [6.45, 7) is 12.7. The Morgan fingerprint density at radius 2 is 1.60 bits per heavy atom. The molecule has 0 aromatic carbocycles. The van der Waals surface area contributed by atoms with Crippen molar-refractivity contribution in [1.29, 1.82) is 0 Å². The Hall–Kier alpha value is -1.54. The van der Waals surface area contributed by atoms with Gasteiger partial charge in [-0.25, -0.2) is 4.79 Å². The average molecular weight is 355 g/mol. The number of hydrogen-bond acceptors (Lipinski definition) is 6. The van der Waals surface area contributed by atoms with Crippen LogP contribution in [0.4, 0.5) is 4.79 Å². The normalized spacial score (nSPS) is 13.3. The van der Waals surface area contributed by atoms with Gasteiger partial charge in [0.2, 0.25) is 0 Å². The molecule has 2 radical (unpaired) electrons. The molecule has 144 valence electrons. The lowest BCUT2D eigenvalue weighted by Gasteiger charge is -2.31. The summed E-state index contributed by atoms with van der Waals surface area (Å²) in [4.78, 5) is 17.0. The zero-order valence-electron chi connectivity index (χ0n) is 16.8. The lowest BCUT2D eigenvalue weighted by Crippen LogP contribution is -2.44. The average Bonchev–Trinajstić information content (AvgIpc) is 2.39. The van der Waals surface area contributed by atoms with Crippen LogP contribution >= 0.6 is 0 Å². The molecule has 0 aromatic heterocycles. The third-order valence-corrected chi connectivity index (χ3v) is 3.20. The van der Waals surface area contributed by atoms with E-state index in [1.54, 1.807) is 34.7 Å². The summed E-state index contributed by atoms with van der Waals surface area (Å²) in [6.07, 6.45) is 2.36. The monoisotopic (exact) mass is 355 g/mol. The summed E-state index contributed by atoms with van der Waals surface area (Å²) in [7, 11) is 7.07. The Morgan fingerprint density at radius 3 is 1.92 bits per heavy atom. The van der Waals surface area contributed by atoms with Crippen LogP contribution in [0.5, 0.6) is 0 Å². The molecule has 7 nitrogen and oxygen atoms in total. The van der Waals surface area contributed by atoms with Crippen molar-refractivity contribution in [3.8, 4) is 0 Å². The van der Waals surface area contributed by atoms with Gasteiger partial charge in [-0.05, 0) is 54.7 Å². The molecule has 0 aromatic rings. The molecule has 25 heavy (non-hydrogen) atoms. The number of nitrogens with zero attached hydrogens (tertiary/aromatic N) is 2. The minimum Gasteiger partial charge on any atom is -0.444 e. The zero-order valence-corrected chi connectivity index (χ0v) is 16.8. The predicted octanol–water partition coefficient (Wildman–Crippen LogP) is 1.42. The number of ether oxygens (including phenoxy) is 1. The second-order valence-corrected chi connectivity index (χ2v) is 7.72. The van der Waals surface area contributed by atoms with Crippen LogP contribution in [0.15, 0.2) is 16.7 Å². The van der Waals surface area contributed by atoms with E-state index >= 15 is 0 Å². The number of aliphatic imine (C=N–C) groups is 1. The van der Waals surface area contributed by atoms with Gasteiger partial charge in [0.25, 0.3) is 0 Å². The molecule has 0 unspecified atom stereocenters. The van der Waals surface area contributed by atoms with Gasteiger partial charge in [0, 0.05) is 19.8 Å². The van der Waals surface area contributed by atoms with E-state index in [1.165, 1.54) is 17.3 Å². The molecular formula is C17H34BN3O4. The van der Waals surface area contributed by atoms with Gasteiger partial charge < -0.3 is 25.6 Å². The highest BCUT2D eigenvalue weighted by molar-refractivity contribution is 6.32. The third kappa shape index (κ3) is 14.5. The lowest BCUT2D eigenvalue weighted by molar-refractivity contribution is -0.107. The van der Waals surface area contributed by atoms with E-state index in [1.807, 2.05) is 20.8 Å². The van der Waals surface area contributed by atoms with Crippen LogP contribution in [-0.4, -0.2) is 72.2 Å². The van der Waals surface area contributed by atoms with Gasteiger partial charge in [-0.15, -0.1) is 0 Å². The molecule has 0 aliphatic heterocycles. The van der Waals surface area contributed by atoms with Crippen LogP contribution in [0, 0.1) is 0 Å². The summed E-state index contributed by atoms with van der Waals surface area (Å²) >= 11 is 0. The number of carbonyl (C=O) groups is 1. The molecule has 0 saturated heterocycles. The van der Waals surface area contributed by atoms with Crippen molar-refractivity contribution in [3.05, 3.63) is 11.7 Å². The molecule has 0 atom stereocenters. The van der Waals surface area contributed by atoms with Crippen molar-refractivity contribution in [1.82, 2.24) is 4.90 Å². The van der Waals surface area contributed by atoms with Crippen molar-refractivity contribution in [3.63, 3.8) is 0 Å². The van der Waals surface area contributed by atoms with Crippen LogP contribution in [0.3, 0.4) is 0 Å². The summed E-state index contributed by atoms with van der Waals surface area (Å²) in [5.74, 6) is 0. The molecule has 1 amide bonds. The lowest BCUT2D eigenvalue weighted by atomic mass is 9.90. The number of aliphatic hydroxyl groups is 2. The van der Waals surface area contributed by atoms with Crippen molar-refractivity contribution >= 4 is 20.2 Å². The first-order valence-electron chi connectivity index (χ1n) is 8.07. The first-order valence-corrected chi connectivity index (χ1v) is 8.07. The van der Waals surface area contributed by atoms with E-state index in [-0.39, 0.29) is 6.09 Å². The maximum atomic E-state index is 11.5. The molecule has 0 spiro atoms. The highest BCUT2D eigenvalue weighted by atomic mass is 16.6. The number of hydrogen-bond donors (Lipinski definition) is 3. The molecular weight excluding hydrogens is 321 g/mol. The van der Waals surface area contributed by atoms with E-state index in [0.717, 1.165) is 0 Å². The summed E-state index contributed by atoms with van der Waals surface area (Å²) in [5.41, 5.74) is 3.06. The number of allylic oxidation sites excluding steroid dienone is 1. The first-order chi connectivity index (χ1) is 11.0. The van der Waals surface area contributed by atoms with Crippen LogP contribution in [-0.2, 0) is 4.74 Å². The van der Waals surface area contributed by atoms with Crippen molar-refractivity contribution in [2.75, 3.05) is 20.1 Å². The van der Waals surface area contributed by atoms with E-state index in [2.05, 4.69) is 4.99 Å². The molecule has 8 heteroatoms. The van der Waals surface area contributed by atoms with Gasteiger partial charge in [-0.3, -0.25) is 4.99 Å². The number of rotatable bonds is 5. The fourth-order valence-electron chi connectivity index (χ4n) is 0.852. The standard InChI is InChI=1S/C11H20BN3O2.C6H14O2/c1-11(2,3)17-10(16)15(4)6-5-14-8-9(12)7-13;1-5(2,7)6(3,4)8/h7-8H,5-6,13H2,1-4H3;7-8H,1-4H3/b9-7+,14-8?;. The SMILES string of the molecule is CC(C)(O)C(C)(C)O.[B]/C(C=NCCN(C)C(=O)OC(C)(C)C)=C/N. The van der Waals surface area contributed by atoms with E-state index in [9.17, 15) is 4.79 Å². The Bertz CT molecular complexity index is 446. The zero-order chi connectivity index (χ0) is 20.5. The largest absolute Gasteiger partial charge is 0.444 e. The summed E-state index contributed by atoms with van der Waals surface area (Å²) < 4.78 is 5.18. The first kappa shape index (κ1) is 25.7. The molecule has 0 saturated carbocycles. The van der Waals surface area contributed by atoms with Gasteiger partial charge in [0.15, 0.2) is 0 Å². The number of likely N-dealkylation sites (N-methyl/N-ethyl adjacent to an activating group) is 1. The van der Waals surface area contributed by atoms with E-state index < -0.39 is 16.8 Å². The van der Waals surface area contributed by atoms with Crippen LogP contribution in [0.25, 0.3) is 0 Å². The highest BCUT2D eigenvalue weighted by Crippen LogP contribution is 2.19. The van der Waals surface area contributed by atoms with E-state index in [4.69, 9.17) is 28.5 Å². The van der Waals surface area contributed by atoms with Gasteiger partial charge in [0.05, 0.1) is 17.7 Å². The Labute approximate surface area is 153 Å². The summed E-state index contributed by atoms with van der Waals surface area (Å²) in [5, 5.41) is 18.2. The van der Waals surface area contributed by atoms with Gasteiger partial charge >= 0.3 is 6.09 Å². The summed E-state index contributed by atoms with van der Waals surface area (Å²) in [6, 6.07) is 0. The fraction of sp³-hybridized carbons (Fsp3) is 0.765. The Balaban J connectivity index is 0. The van der Waals surface area contributed by atoms with Crippen molar-refractivity contribution in [2.45, 2.75) is 65.3 Å². The van der Waals surface area contributed by atoms with Gasteiger partial charge in [0.1, 0.15) is 13.4 Å². The second kappa shape index (κ2) is 10.5. The molecule has 0 rings (SSSR count). The van der Waals surface area contributed by atoms with Crippen LogP contribution in [0.2, 0.25) is 0 Å². The molecule has 0 aliphatic carbocycles. The van der Waals surface area contributed by atoms with Crippen molar-refractivity contribution in [2.24, 2.45) is 10.7 Å². The van der Waals surface area contributed by atoms with Crippen molar-refractivity contribution < 1.29 is 19.7 Å². The quantitative estimate of drug-likeness (QED) is 0.511. The Morgan fingerprint density at radius 1 is 1.16 bits per heavy atom. The maximum absolute atomic E-state index is 11.5. The second-order valence-electron chi connectivity index (χ2n) is 7.72. The molecule has 0 fully saturated rings. The third-order valence-electron chi connectivity index (χ3n) is 3.20. The Kier molecular flexibility index (Phi) is 10.7. The minimum atomic E-state index is -1.01. The molecule has 0 heterocycles. The maximum Gasteiger partial charge on any atom is 0.410 e. The number of nitrogens with two attached hydrogens (primary N) is 1. The topological polar surface area (TPSA) is 108 Å². The number of carbonyl (C=O) groups excluding carboxylic acids is 1.